The second kappa shape index (κ2) is 10.5. The summed E-state index contributed by atoms with van der Waals surface area (Å²) in [6.45, 7) is 4.23. The molecule has 1 fully saturated rings. The summed E-state index contributed by atoms with van der Waals surface area (Å²) in [5.74, 6) is -0.472. The maximum absolute atomic E-state index is 15.0. The molecule has 184 valence electrons. The molecule has 1 aliphatic rings. The number of anilines is 1. The minimum absolute atomic E-state index is 0.0163. The highest BCUT2D eigenvalue weighted by Crippen LogP contribution is 2.36. The van der Waals surface area contributed by atoms with Gasteiger partial charge in [-0.05, 0) is 65.9 Å². The first-order chi connectivity index (χ1) is 17.5. The van der Waals surface area contributed by atoms with Gasteiger partial charge in [-0.15, -0.1) is 0 Å². The third kappa shape index (κ3) is 4.95. The van der Waals surface area contributed by atoms with Crippen LogP contribution in [-0.4, -0.2) is 35.7 Å². The number of carboxylic acid groups (broad SMARTS) is 1. The zero-order valence-corrected chi connectivity index (χ0v) is 20.3. The summed E-state index contributed by atoms with van der Waals surface area (Å²) < 4.78 is 15.0. The highest BCUT2D eigenvalue weighted by Gasteiger charge is 2.33. The van der Waals surface area contributed by atoms with E-state index < -0.39 is 5.97 Å². The zero-order valence-electron chi connectivity index (χ0n) is 20.3. The van der Waals surface area contributed by atoms with Gasteiger partial charge < -0.3 is 15.3 Å². The molecule has 0 radical (unpaired) electrons. The third-order valence-electron chi connectivity index (χ3n) is 7.31. The maximum atomic E-state index is 15.0. The number of hydrogen-bond acceptors (Lipinski definition) is 4. The Labute approximate surface area is 210 Å². The Morgan fingerprint density at radius 3 is 2.64 bits per heavy atom. The highest BCUT2D eigenvalue weighted by atomic mass is 19.1. The number of fused-ring (bicyclic) bond motifs is 1. The van der Waals surface area contributed by atoms with E-state index in [4.69, 9.17) is 0 Å². The molecule has 5 rings (SSSR count). The third-order valence-corrected chi connectivity index (χ3v) is 7.31. The number of nitrogens with zero attached hydrogens (tertiary/aromatic N) is 2. The van der Waals surface area contributed by atoms with Gasteiger partial charge in [0.15, 0.2) is 5.69 Å². The Morgan fingerprint density at radius 2 is 1.81 bits per heavy atom. The van der Waals surface area contributed by atoms with E-state index in [2.05, 4.69) is 64.6 Å². The predicted octanol–water partition coefficient (Wildman–Crippen LogP) is 6.03. The van der Waals surface area contributed by atoms with Crippen molar-refractivity contribution in [2.75, 3.05) is 24.5 Å². The largest absolute Gasteiger partial charge is 0.477 e. The number of carbonyl (C=O) groups is 1. The highest BCUT2D eigenvalue weighted by molar-refractivity contribution is 5.86. The summed E-state index contributed by atoms with van der Waals surface area (Å²) >= 11 is 0. The Hall–Kier alpha value is -3.77. The number of hydrogen-bond donors (Lipinski definition) is 2. The lowest BCUT2D eigenvalue weighted by Crippen LogP contribution is -2.43. The van der Waals surface area contributed by atoms with Crippen LogP contribution >= 0.6 is 0 Å². The molecule has 0 saturated carbocycles. The summed E-state index contributed by atoms with van der Waals surface area (Å²) in [6, 6.07) is 26.9. The number of aromatic nitrogens is 1. The van der Waals surface area contributed by atoms with Crippen molar-refractivity contribution in [3.05, 3.63) is 108 Å². The average molecular weight is 484 g/mol. The van der Waals surface area contributed by atoms with Gasteiger partial charge in [0.25, 0.3) is 0 Å². The van der Waals surface area contributed by atoms with Gasteiger partial charge in [0.2, 0.25) is 0 Å². The van der Waals surface area contributed by atoms with Gasteiger partial charge in [-0.3, -0.25) is 0 Å². The summed E-state index contributed by atoms with van der Waals surface area (Å²) in [5, 5.41) is 15.5. The summed E-state index contributed by atoms with van der Waals surface area (Å²) in [5.41, 5.74) is 1.96. The van der Waals surface area contributed by atoms with Gasteiger partial charge in [-0.1, -0.05) is 66.7 Å². The van der Waals surface area contributed by atoms with Gasteiger partial charge in [0.05, 0.1) is 0 Å². The standard InChI is InChI=1S/C30H30FN3O2/c1-20(23-12-6-9-21-8-2-3-10-24(21)23)32-18-22-16-17-34(29-15-7-14-28(33-29)30(35)36)19-26(22)25-11-4-5-13-27(25)31/h2-15,20,22,26,32H,16-19H2,1H3,(H,35,36). The first kappa shape index (κ1) is 23.9. The van der Waals surface area contributed by atoms with Crippen molar-refractivity contribution in [3.63, 3.8) is 0 Å². The molecule has 3 atom stereocenters. The van der Waals surface area contributed by atoms with E-state index in [-0.39, 0.29) is 29.4 Å². The molecule has 0 bridgehead atoms. The number of nitrogens with one attached hydrogen (secondary N) is 1. The molecule has 0 aliphatic carbocycles. The van der Waals surface area contributed by atoms with Gasteiger partial charge >= 0.3 is 5.97 Å². The molecule has 3 unspecified atom stereocenters. The fraction of sp³-hybridized carbons (Fsp3) is 0.267. The smallest absolute Gasteiger partial charge is 0.354 e. The average Bonchev–Trinajstić information content (AvgIpc) is 2.91. The molecular formula is C30H30FN3O2. The number of carboxylic acids is 1. The monoisotopic (exact) mass is 483 g/mol. The van der Waals surface area contributed by atoms with Gasteiger partial charge in [-0.2, -0.15) is 0 Å². The summed E-state index contributed by atoms with van der Waals surface area (Å²) in [4.78, 5) is 17.8. The Morgan fingerprint density at radius 1 is 1.06 bits per heavy atom. The fourth-order valence-corrected chi connectivity index (χ4v) is 5.37. The molecule has 2 N–H and O–H groups in total. The number of rotatable bonds is 7. The molecular weight excluding hydrogens is 453 g/mol. The van der Waals surface area contributed by atoms with Crippen LogP contribution in [0.15, 0.2) is 84.9 Å². The maximum Gasteiger partial charge on any atom is 0.354 e. The van der Waals surface area contributed by atoms with Crippen molar-refractivity contribution in [1.29, 1.82) is 0 Å². The zero-order chi connectivity index (χ0) is 25.1. The minimum Gasteiger partial charge on any atom is -0.477 e. The molecule has 1 aromatic heterocycles. The lowest BCUT2D eigenvalue weighted by Gasteiger charge is -2.40. The van der Waals surface area contributed by atoms with Crippen LogP contribution in [0.25, 0.3) is 10.8 Å². The second-order valence-corrected chi connectivity index (χ2v) is 9.51. The molecule has 1 aliphatic heterocycles. The van der Waals surface area contributed by atoms with Crippen LogP contribution in [0.4, 0.5) is 10.2 Å². The van der Waals surface area contributed by atoms with Crippen LogP contribution in [0, 0.1) is 11.7 Å². The Bertz CT molecular complexity index is 1370. The first-order valence-electron chi connectivity index (χ1n) is 12.4. The van der Waals surface area contributed by atoms with E-state index in [9.17, 15) is 14.3 Å². The molecule has 1 saturated heterocycles. The van der Waals surface area contributed by atoms with E-state index >= 15 is 0 Å². The molecule has 0 amide bonds. The normalized spacial score (nSPS) is 18.8. The Balaban J connectivity index is 1.37. The quantitative estimate of drug-likeness (QED) is 0.336. The molecule has 2 heterocycles. The molecule has 0 spiro atoms. The van der Waals surface area contributed by atoms with Crippen LogP contribution in [0.2, 0.25) is 0 Å². The van der Waals surface area contributed by atoms with Gasteiger partial charge in [-0.25, -0.2) is 14.2 Å². The molecule has 36 heavy (non-hydrogen) atoms. The molecule has 5 nitrogen and oxygen atoms in total. The predicted molar refractivity (Wildman–Crippen MR) is 141 cm³/mol. The topological polar surface area (TPSA) is 65.5 Å². The van der Waals surface area contributed by atoms with Crippen LogP contribution < -0.4 is 10.2 Å². The summed E-state index contributed by atoms with van der Waals surface area (Å²) in [7, 11) is 0. The molecule has 6 heteroatoms. The number of pyridine rings is 1. The van der Waals surface area contributed by atoms with E-state index in [1.54, 1.807) is 12.1 Å². The van der Waals surface area contributed by atoms with Crippen LogP contribution in [0.5, 0.6) is 0 Å². The van der Waals surface area contributed by atoms with E-state index in [1.807, 2.05) is 18.2 Å². The lowest BCUT2D eigenvalue weighted by atomic mass is 9.80. The first-order valence-corrected chi connectivity index (χ1v) is 12.4. The van der Waals surface area contributed by atoms with Crippen molar-refractivity contribution in [3.8, 4) is 0 Å². The van der Waals surface area contributed by atoms with Crippen LogP contribution in [-0.2, 0) is 0 Å². The molecule has 3 aromatic carbocycles. The van der Waals surface area contributed by atoms with E-state index in [1.165, 1.54) is 28.5 Å². The van der Waals surface area contributed by atoms with E-state index in [0.29, 0.717) is 17.9 Å². The van der Waals surface area contributed by atoms with E-state index in [0.717, 1.165) is 19.5 Å². The van der Waals surface area contributed by atoms with Crippen molar-refractivity contribution in [2.24, 2.45) is 5.92 Å². The molecule has 4 aromatic rings. The van der Waals surface area contributed by atoms with Crippen LogP contribution in [0.1, 0.15) is 46.9 Å². The fourth-order valence-electron chi connectivity index (χ4n) is 5.37. The number of piperidine rings is 1. The number of benzene rings is 3. The Kier molecular flexibility index (Phi) is 6.96. The second-order valence-electron chi connectivity index (χ2n) is 9.51. The van der Waals surface area contributed by atoms with Crippen molar-refractivity contribution in [2.45, 2.75) is 25.3 Å². The van der Waals surface area contributed by atoms with Crippen molar-refractivity contribution < 1.29 is 14.3 Å². The van der Waals surface area contributed by atoms with Gasteiger partial charge in [0, 0.05) is 25.0 Å². The SMILES string of the molecule is CC(NCC1CCN(c2cccc(C(=O)O)n2)CC1c1ccccc1F)c1cccc2ccccc12. The number of halogens is 1. The van der Waals surface area contributed by atoms with Gasteiger partial charge in [0.1, 0.15) is 11.6 Å². The van der Waals surface area contributed by atoms with Crippen molar-refractivity contribution >= 4 is 22.6 Å². The van der Waals surface area contributed by atoms with Crippen LogP contribution in [0.3, 0.4) is 0 Å². The summed E-state index contributed by atoms with van der Waals surface area (Å²) in [6.07, 6.45) is 0.841. The number of aromatic carboxylic acids is 1. The van der Waals surface area contributed by atoms with Crippen molar-refractivity contribution in [1.82, 2.24) is 10.3 Å². The lowest BCUT2D eigenvalue weighted by molar-refractivity contribution is 0.0690. The minimum atomic E-state index is -1.05.